The van der Waals surface area contributed by atoms with Gasteiger partial charge in [0.2, 0.25) is 5.75 Å². The zero-order valence-corrected chi connectivity index (χ0v) is 20.5. The minimum atomic E-state index is -0.215. The number of hydrogen-bond donors (Lipinski definition) is 1. The van der Waals surface area contributed by atoms with Crippen LogP contribution in [0.25, 0.3) is 0 Å². The number of halogens is 1. The van der Waals surface area contributed by atoms with E-state index in [1.54, 1.807) is 13.2 Å². The minimum absolute atomic E-state index is 0.177. The molecule has 3 atom stereocenters. The average Bonchev–Trinajstić information content (AvgIpc) is 3.06. The van der Waals surface area contributed by atoms with Gasteiger partial charge in [-0.1, -0.05) is 50.6 Å². The van der Waals surface area contributed by atoms with Gasteiger partial charge in [0, 0.05) is 26.0 Å². The largest absolute Gasteiger partial charge is 0.491 e. The zero-order valence-electron chi connectivity index (χ0n) is 19.7. The zero-order chi connectivity index (χ0) is 22.9. The summed E-state index contributed by atoms with van der Waals surface area (Å²) in [5, 5.41) is 3.42. The number of rotatable bonds is 10. The summed E-state index contributed by atoms with van der Waals surface area (Å²) in [6, 6.07) is 1.60. The number of ether oxygens (including phenoxy) is 4. The summed E-state index contributed by atoms with van der Waals surface area (Å²) >= 11 is 6.38. The van der Waals surface area contributed by atoms with E-state index in [9.17, 15) is 4.79 Å². The fraction of sp³-hybridized carbons (Fsp3) is 0.720. The molecule has 6 nitrogen and oxygen atoms in total. The molecule has 1 N–H and O–H groups in total. The predicted octanol–water partition coefficient (Wildman–Crippen LogP) is 5.64. The molecular weight excluding hydrogens is 430 g/mol. The van der Waals surface area contributed by atoms with Crippen LogP contribution in [0.4, 0.5) is 0 Å². The fourth-order valence-electron chi connectivity index (χ4n) is 4.87. The second kappa shape index (κ2) is 12.5. The van der Waals surface area contributed by atoms with Crippen LogP contribution in [0, 0.1) is 11.8 Å². The monoisotopic (exact) mass is 467 g/mol. The van der Waals surface area contributed by atoms with Crippen LogP contribution in [-0.2, 0) is 4.74 Å². The number of methoxy groups -OCH3 is 2. The van der Waals surface area contributed by atoms with Gasteiger partial charge in [0.05, 0.1) is 37.0 Å². The fourth-order valence-corrected chi connectivity index (χ4v) is 5.14. The molecular formula is C25H38ClNO5. The second-order valence-electron chi connectivity index (χ2n) is 8.92. The lowest BCUT2D eigenvalue weighted by molar-refractivity contribution is 0.00349. The summed E-state index contributed by atoms with van der Waals surface area (Å²) in [5.74, 6) is 2.02. The smallest absolute Gasteiger partial charge is 0.255 e. The van der Waals surface area contributed by atoms with Crippen molar-refractivity contribution >= 4 is 17.5 Å². The third-order valence-electron chi connectivity index (χ3n) is 6.71. The topological polar surface area (TPSA) is 66.0 Å². The number of nitrogens with one attached hydrogen (secondary N) is 1. The van der Waals surface area contributed by atoms with Crippen molar-refractivity contribution in [2.75, 3.05) is 34.0 Å². The minimum Gasteiger partial charge on any atom is -0.491 e. The first-order chi connectivity index (χ1) is 15.6. The standard InChI is InChI=1S/C25H38ClNO5/c1-4-5-6-7-9-17-10-11-18(21(14-17)29-2)16-27-25(28)19-15-20(26)23(30-3)24-22(19)31-12-8-13-32-24/h15,17-18,21H,4-14,16H2,1-3H3,(H,27,28). The summed E-state index contributed by atoms with van der Waals surface area (Å²) < 4.78 is 22.9. The third kappa shape index (κ3) is 6.22. The Morgan fingerprint density at radius 3 is 2.66 bits per heavy atom. The van der Waals surface area contributed by atoms with Crippen molar-refractivity contribution in [2.45, 2.75) is 70.8 Å². The van der Waals surface area contributed by atoms with Crippen molar-refractivity contribution in [1.29, 1.82) is 0 Å². The molecule has 1 aromatic rings. The predicted molar refractivity (Wildman–Crippen MR) is 126 cm³/mol. The maximum Gasteiger partial charge on any atom is 0.255 e. The van der Waals surface area contributed by atoms with Crippen LogP contribution >= 0.6 is 11.6 Å². The van der Waals surface area contributed by atoms with Gasteiger partial charge in [-0.05, 0) is 31.2 Å². The Hall–Kier alpha value is -1.66. The highest BCUT2D eigenvalue weighted by Gasteiger charge is 2.32. The van der Waals surface area contributed by atoms with Crippen LogP contribution in [0.3, 0.4) is 0 Å². The molecule has 1 fully saturated rings. The number of carbonyl (C=O) groups is 1. The molecule has 0 aromatic heterocycles. The molecule has 32 heavy (non-hydrogen) atoms. The van der Waals surface area contributed by atoms with Gasteiger partial charge < -0.3 is 24.3 Å². The number of amides is 1. The van der Waals surface area contributed by atoms with E-state index in [1.165, 1.54) is 45.6 Å². The van der Waals surface area contributed by atoms with Gasteiger partial charge in [0.1, 0.15) is 0 Å². The molecule has 0 bridgehead atoms. The molecule has 1 amide bonds. The molecule has 0 radical (unpaired) electrons. The highest BCUT2D eigenvalue weighted by molar-refractivity contribution is 6.33. The van der Waals surface area contributed by atoms with Crippen LogP contribution in [0.2, 0.25) is 5.02 Å². The van der Waals surface area contributed by atoms with Crippen molar-refractivity contribution in [1.82, 2.24) is 5.32 Å². The van der Waals surface area contributed by atoms with Crippen molar-refractivity contribution in [2.24, 2.45) is 11.8 Å². The Morgan fingerprint density at radius 2 is 1.94 bits per heavy atom. The van der Waals surface area contributed by atoms with E-state index in [1.807, 2.05) is 0 Å². The molecule has 0 saturated heterocycles. The maximum absolute atomic E-state index is 13.1. The molecule has 2 aliphatic rings. The van der Waals surface area contributed by atoms with Gasteiger partial charge in [-0.25, -0.2) is 0 Å². The van der Waals surface area contributed by atoms with Gasteiger partial charge in [-0.2, -0.15) is 0 Å². The molecule has 1 heterocycles. The molecule has 1 saturated carbocycles. The van der Waals surface area contributed by atoms with Gasteiger partial charge in [0.25, 0.3) is 5.91 Å². The first kappa shape index (κ1) is 25.0. The lowest BCUT2D eigenvalue weighted by Crippen LogP contribution is -2.39. The molecule has 180 valence electrons. The van der Waals surface area contributed by atoms with Crippen LogP contribution in [0.1, 0.15) is 75.1 Å². The SMILES string of the molecule is CCCCCCC1CCC(CNC(=O)c2cc(Cl)c(OC)c3c2OCCCO3)C(OC)C1. The molecule has 1 aromatic carbocycles. The molecule has 1 aliphatic carbocycles. The van der Waals surface area contributed by atoms with Crippen LogP contribution in [-0.4, -0.2) is 46.0 Å². The lowest BCUT2D eigenvalue weighted by atomic mass is 9.77. The summed E-state index contributed by atoms with van der Waals surface area (Å²) in [4.78, 5) is 13.1. The van der Waals surface area contributed by atoms with E-state index < -0.39 is 0 Å². The molecule has 3 unspecified atom stereocenters. The first-order valence-corrected chi connectivity index (χ1v) is 12.4. The van der Waals surface area contributed by atoms with Gasteiger partial charge in [0.15, 0.2) is 11.5 Å². The molecule has 7 heteroatoms. The molecule has 0 spiro atoms. The van der Waals surface area contributed by atoms with Crippen molar-refractivity contribution in [3.8, 4) is 17.2 Å². The number of hydrogen-bond acceptors (Lipinski definition) is 5. The Balaban J connectivity index is 1.61. The van der Waals surface area contributed by atoms with Crippen molar-refractivity contribution in [3.05, 3.63) is 16.7 Å². The van der Waals surface area contributed by atoms with Crippen LogP contribution < -0.4 is 19.5 Å². The van der Waals surface area contributed by atoms with Crippen LogP contribution in [0.5, 0.6) is 17.2 Å². The normalized spacial score (nSPS) is 22.8. The Kier molecular flexibility index (Phi) is 9.79. The Morgan fingerprint density at radius 1 is 1.16 bits per heavy atom. The third-order valence-corrected chi connectivity index (χ3v) is 6.99. The number of carbonyl (C=O) groups excluding carboxylic acids is 1. The van der Waals surface area contributed by atoms with E-state index >= 15 is 0 Å². The Bertz CT molecular complexity index is 756. The number of fused-ring (bicyclic) bond motifs is 1. The highest BCUT2D eigenvalue weighted by Crippen LogP contribution is 2.46. The average molecular weight is 468 g/mol. The summed E-state index contributed by atoms with van der Waals surface area (Å²) in [6.07, 6.45) is 10.8. The summed E-state index contributed by atoms with van der Waals surface area (Å²) in [7, 11) is 3.31. The second-order valence-corrected chi connectivity index (χ2v) is 9.33. The van der Waals surface area contributed by atoms with Gasteiger partial charge >= 0.3 is 0 Å². The van der Waals surface area contributed by atoms with Crippen molar-refractivity contribution < 1.29 is 23.7 Å². The van der Waals surface area contributed by atoms with E-state index in [4.69, 9.17) is 30.5 Å². The molecule has 3 rings (SSSR count). The highest BCUT2D eigenvalue weighted by atomic mass is 35.5. The van der Waals surface area contributed by atoms with E-state index in [0.717, 1.165) is 25.2 Å². The van der Waals surface area contributed by atoms with Gasteiger partial charge in [-0.15, -0.1) is 0 Å². The van der Waals surface area contributed by atoms with Gasteiger partial charge in [-0.3, -0.25) is 4.79 Å². The molecule has 1 aliphatic heterocycles. The lowest BCUT2D eigenvalue weighted by Gasteiger charge is -2.35. The maximum atomic E-state index is 13.1. The summed E-state index contributed by atoms with van der Waals surface area (Å²) in [5.41, 5.74) is 0.381. The first-order valence-electron chi connectivity index (χ1n) is 12.1. The summed E-state index contributed by atoms with van der Waals surface area (Å²) in [6.45, 7) is 3.78. The van der Waals surface area contributed by atoms with E-state index in [-0.39, 0.29) is 12.0 Å². The van der Waals surface area contributed by atoms with Crippen molar-refractivity contribution in [3.63, 3.8) is 0 Å². The quantitative estimate of drug-likeness (QED) is 0.451. The number of benzene rings is 1. The Labute approximate surface area is 197 Å². The van der Waals surface area contributed by atoms with Crippen LogP contribution in [0.15, 0.2) is 6.07 Å². The van der Waals surface area contributed by atoms with E-state index in [0.29, 0.717) is 53.5 Å². The number of unbranched alkanes of at least 4 members (excludes halogenated alkanes) is 3. The van der Waals surface area contributed by atoms with E-state index in [2.05, 4.69) is 12.2 Å².